The zero-order valence-electron chi connectivity index (χ0n) is 11.5. The number of nitrogens with zero attached hydrogens (tertiary/aromatic N) is 1. The van der Waals surface area contributed by atoms with Gasteiger partial charge in [0.15, 0.2) is 0 Å². The van der Waals surface area contributed by atoms with Crippen LogP contribution >= 0.6 is 0 Å². The summed E-state index contributed by atoms with van der Waals surface area (Å²) in [6.45, 7) is 2.52. The highest BCUT2D eigenvalue weighted by atomic mass is 19.1. The van der Waals surface area contributed by atoms with Crippen molar-refractivity contribution in [1.82, 2.24) is 4.90 Å². The smallest absolute Gasteiger partial charge is 0.346 e. The third-order valence-electron chi connectivity index (χ3n) is 4.73. The predicted molar refractivity (Wildman–Crippen MR) is 68.9 cm³/mol. The van der Waals surface area contributed by atoms with Crippen LogP contribution in [0.1, 0.15) is 19.3 Å². The van der Waals surface area contributed by atoms with Gasteiger partial charge >= 0.3 is 5.97 Å². The lowest BCUT2D eigenvalue weighted by molar-refractivity contribution is -0.170. The number of aliphatic hydroxyl groups excluding tert-OH is 1. The van der Waals surface area contributed by atoms with Crippen molar-refractivity contribution >= 4 is 5.97 Å². The van der Waals surface area contributed by atoms with E-state index in [0.717, 1.165) is 0 Å². The average molecular weight is 285 g/mol. The molecule has 6 heteroatoms. The van der Waals surface area contributed by atoms with E-state index in [1.54, 1.807) is 0 Å². The van der Waals surface area contributed by atoms with Gasteiger partial charge in [0.1, 0.15) is 18.3 Å². The van der Waals surface area contributed by atoms with Crippen molar-refractivity contribution in [3.05, 3.63) is 12.7 Å². The van der Waals surface area contributed by atoms with Crippen LogP contribution in [0, 0.1) is 0 Å². The van der Waals surface area contributed by atoms with Gasteiger partial charge in [0.25, 0.3) is 0 Å². The summed E-state index contributed by atoms with van der Waals surface area (Å²) in [6, 6.07) is 0.498. The summed E-state index contributed by atoms with van der Waals surface area (Å²) in [5.41, 5.74) is -2.37. The minimum absolute atomic E-state index is 0.240. The lowest BCUT2D eigenvalue weighted by Gasteiger charge is -2.38. The van der Waals surface area contributed by atoms with Crippen LogP contribution < -0.4 is 0 Å². The van der Waals surface area contributed by atoms with Gasteiger partial charge in [-0.3, -0.25) is 4.90 Å². The number of likely N-dealkylation sites (N-methyl/N-ethyl adjacent to an activating group) is 1. The van der Waals surface area contributed by atoms with Gasteiger partial charge in [0.2, 0.25) is 5.67 Å². The summed E-state index contributed by atoms with van der Waals surface area (Å²) in [4.78, 5) is 14.2. The maximum atomic E-state index is 14.2. The van der Waals surface area contributed by atoms with E-state index in [2.05, 4.69) is 11.5 Å². The molecular weight excluding hydrogens is 265 g/mol. The summed E-state index contributed by atoms with van der Waals surface area (Å²) in [5.74, 6) is -0.983. The van der Waals surface area contributed by atoms with Gasteiger partial charge in [-0.2, -0.15) is 0 Å². The van der Waals surface area contributed by atoms with Gasteiger partial charge in [-0.15, -0.1) is 6.58 Å². The molecule has 2 unspecified atom stereocenters. The molecule has 0 aromatic carbocycles. The van der Waals surface area contributed by atoms with Crippen LogP contribution in [0.4, 0.5) is 4.39 Å². The molecule has 20 heavy (non-hydrogen) atoms. The third kappa shape index (κ3) is 2.06. The van der Waals surface area contributed by atoms with Crippen molar-refractivity contribution < 1.29 is 23.8 Å². The highest BCUT2D eigenvalue weighted by Gasteiger charge is 2.63. The quantitative estimate of drug-likeness (QED) is 0.450. The maximum Gasteiger partial charge on any atom is 0.346 e. The monoisotopic (exact) mass is 285 g/mol. The number of rotatable bonds is 5. The molecule has 0 spiro atoms. The Balaban J connectivity index is 1.62. The molecule has 0 aromatic rings. The number of hydrogen-bond donors (Lipinski definition) is 1. The Kier molecular flexibility index (Phi) is 3.35. The number of fused-ring (bicyclic) bond motifs is 5. The topological polar surface area (TPSA) is 62.3 Å². The molecule has 3 aliphatic rings. The van der Waals surface area contributed by atoms with Crippen molar-refractivity contribution in [1.29, 1.82) is 0 Å². The molecular formula is C14H20FNO4. The average Bonchev–Trinajstić information content (AvgIpc) is 3.16. The number of piperidine rings is 1. The number of halogens is 1. The van der Waals surface area contributed by atoms with Gasteiger partial charge < -0.3 is 14.6 Å². The van der Waals surface area contributed by atoms with E-state index in [1.165, 1.54) is 6.08 Å². The van der Waals surface area contributed by atoms with E-state index in [1.807, 2.05) is 7.05 Å². The first-order chi connectivity index (χ1) is 9.50. The van der Waals surface area contributed by atoms with E-state index in [-0.39, 0.29) is 36.8 Å². The molecule has 3 aliphatic heterocycles. The number of carbonyl (C=O) groups excluding carboxylic acids is 1. The van der Waals surface area contributed by atoms with Crippen molar-refractivity contribution in [2.24, 2.45) is 0 Å². The Morgan fingerprint density at radius 2 is 2.15 bits per heavy atom. The predicted octanol–water partition coefficient (Wildman–Crippen LogP) is 0.419. The minimum Gasteiger partial charge on any atom is -0.460 e. The Labute approximate surface area is 117 Å². The summed E-state index contributed by atoms with van der Waals surface area (Å²) in [5, 5.41) is 9.07. The fourth-order valence-electron chi connectivity index (χ4n) is 3.49. The van der Waals surface area contributed by atoms with Gasteiger partial charge in [-0.25, -0.2) is 9.18 Å². The molecule has 0 aliphatic carbocycles. The van der Waals surface area contributed by atoms with Gasteiger partial charge in [0, 0.05) is 31.3 Å². The second kappa shape index (κ2) is 4.79. The Hall–Kier alpha value is -0.980. The second-order valence-corrected chi connectivity index (χ2v) is 5.98. The number of ether oxygens (including phenoxy) is 2. The van der Waals surface area contributed by atoms with E-state index < -0.39 is 18.2 Å². The van der Waals surface area contributed by atoms with E-state index in [0.29, 0.717) is 12.8 Å². The number of aliphatic hydroxyl groups is 1. The number of hydrogen-bond acceptors (Lipinski definition) is 5. The Bertz CT molecular complexity index is 413. The van der Waals surface area contributed by atoms with E-state index in [4.69, 9.17) is 14.6 Å². The number of morpholine rings is 1. The fourth-order valence-corrected chi connectivity index (χ4v) is 3.49. The molecule has 2 bridgehead atoms. The molecule has 112 valence electrons. The maximum absolute atomic E-state index is 14.2. The van der Waals surface area contributed by atoms with Gasteiger partial charge in [-0.05, 0) is 7.05 Å². The summed E-state index contributed by atoms with van der Waals surface area (Å²) in [7, 11) is 2.05. The number of carbonyl (C=O) groups is 1. The minimum atomic E-state index is -2.37. The first-order valence-electron chi connectivity index (χ1n) is 6.99. The summed E-state index contributed by atoms with van der Waals surface area (Å²) < 4.78 is 25.1. The van der Waals surface area contributed by atoms with E-state index >= 15 is 0 Å². The molecule has 3 rings (SSSR count). The van der Waals surface area contributed by atoms with Crippen LogP contribution in [0.15, 0.2) is 12.7 Å². The number of allylic oxidation sites excluding steroid dienone is 1. The van der Waals surface area contributed by atoms with Crippen LogP contribution in [0.25, 0.3) is 0 Å². The number of esters is 1. The van der Waals surface area contributed by atoms with Crippen LogP contribution in [0.2, 0.25) is 0 Å². The standard InChI is InChI=1S/C14H20FNO4/c1-3-4-14(15,7-17)13(18)19-8-5-9-11-12(20-11)10(6-8)16(9)2/h3,8-12,17H,1,4-7H2,2H3/t8?,9-,10+,11-,12+,14?. The zero-order chi connectivity index (χ0) is 14.5. The number of alkyl halides is 1. The highest BCUT2D eigenvalue weighted by molar-refractivity contribution is 5.80. The third-order valence-corrected chi connectivity index (χ3v) is 4.73. The Morgan fingerprint density at radius 3 is 2.65 bits per heavy atom. The second-order valence-electron chi connectivity index (χ2n) is 5.98. The van der Waals surface area contributed by atoms with Gasteiger partial charge in [0.05, 0.1) is 6.61 Å². The molecule has 0 radical (unpaired) electrons. The van der Waals surface area contributed by atoms with Crippen molar-refractivity contribution in [2.75, 3.05) is 13.7 Å². The zero-order valence-corrected chi connectivity index (χ0v) is 11.5. The van der Waals surface area contributed by atoms with Gasteiger partial charge in [-0.1, -0.05) is 6.08 Å². The van der Waals surface area contributed by atoms with E-state index in [9.17, 15) is 9.18 Å². The normalized spacial score (nSPS) is 41.6. The van der Waals surface area contributed by atoms with Crippen LogP contribution in [-0.2, 0) is 14.3 Å². The molecule has 5 nitrogen and oxygen atoms in total. The fraction of sp³-hybridized carbons (Fsp3) is 0.786. The molecule has 3 fully saturated rings. The van der Waals surface area contributed by atoms with Crippen LogP contribution in [0.3, 0.4) is 0 Å². The SMILES string of the molecule is C=CCC(F)(CO)C(=O)OC1C[C@@H]2[C@H]3O[C@H]3[C@H](C1)N2C. The van der Waals surface area contributed by atoms with Crippen molar-refractivity contribution in [3.63, 3.8) is 0 Å². The largest absolute Gasteiger partial charge is 0.460 e. The lowest BCUT2D eigenvalue weighted by atomic mass is 9.98. The first kappa shape index (κ1) is 14.0. The summed E-state index contributed by atoms with van der Waals surface area (Å²) in [6.07, 6.45) is 2.56. The molecule has 3 saturated heterocycles. The molecule has 0 saturated carbocycles. The first-order valence-corrected chi connectivity index (χ1v) is 6.99. The molecule has 3 heterocycles. The van der Waals surface area contributed by atoms with Crippen LogP contribution in [-0.4, -0.2) is 65.7 Å². The highest BCUT2D eigenvalue weighted by Crippen LogP contribution is 2.48. The lowest BCUT2D eigenvalue weighted by Crippen LogP contribution is -2.49. The molecule has 0 amide bonds. The van der Waals surface area contributed by atoms with Crippen molar-refractivity contribution in [3.8, 4) is 0 Å². The van der Waals surface area contributed by atoms with Crippen LogP contribution in [0.5, 0.6) is 0 Å². The van der Waals surface area contributed by atoms with Crippen molar-refractivity contribution in [2.45, 2.75) is 55.3 Å². The molecule has 1 N–H and O–H groups in total. The number of epoxide rings is 1. The summed E-state index contributed by atoms with van der Waals surface area (Å²) >= 11 is 0. The Morgan fingerprint density at radius 1 is 1.55 bits per heavy atom. The molecule has 0 aromatic heterocycles. The molecule has 6 atom stereocenters.